The number of rotatable bonds is 6. The van der Waals surface area contributed by atoms with Crippen molar-refractivity contribution >= 4 is 29.1 Å². The number of halogens is 2. The van der Waals surface area contributed by atoms with E-state index in [0.29, 0.717) is 28.6 Å². The van der Waals surface area contributed by atoms with Crippen molar-refractivity contribution in [2.75, 3.05) is 13.2 Å². The van der Waals surface area contributed by atoms with Crippen LogP contribution in [-0.2, 0) is 4.79 Å². The Kier molecular flexibility index (Phi) is 4.75. The Hall–Kier alpha value is -1.01. The summed E-state index contributed by atoms with van der Waals surface area (Å²) in [6, 6.07) is 4.99. The quantitative estimate of drug-likeness (QED) is 0.739. The van der Waals surface area contributed by atoms with E-state index in [9.17, 15) is 9.90 Å². The number of aliphatic hydroxyl groups is 1. The monoisotopic (exact) mass is 318 g/mol. The van der Waals surface area contributed by atoms with E-state index >= 15 is 0 Å². The number of benzene rings is 1. The number of hydrogen-bond donors (Lipinski definition) is 3. The fourth-order valence-electron chi connectivity index (χ4n) is 1.59. The van der Waals surface area contributed by atoms with Crippen molar-refractivity contribution in [3.8, 4) is 5.75 Å². The normalized spacial score (nSPS) is 17.4. The summed E-state index contributed by atoms with van der Waals surface area (Å²) >= 11 is 11.8. The predicted molar refractivity (Wildman–Crippen MR) is 77.1 cm³/mol. The summed E-state index contributed by atoms with van der Waals surface area (Å²) in [5, 5.41) is 13.0. The second-order valence-corrected chi connectivity index (χ2v) is 5.67. The van der Waals surface area contributed by atoms with Crippen LogP contribution < -0.4 is 15.8 Å². The molecule has 20 heavy (non-hydrogen) atoms. The van der Waals surface area contributed by atoms with Crippen molar-refractivity contribution in [2.24, 2.45) is 5.73 Å². The first-order chi connectivity index (χ1) is 9.42. The van der Waals surface area contributed by atoms with E-state index in [1.54, 1.807) is 18.2 Å². The summed E-state index contributed by atoms with van der Waals surface area (Å²) < 4.78 is 5.36. The summed E-state index contributed by atoms with van der Waals surface area (Å²) in [5.41, 5.74) is 4.98. The SMILES string of the molecule is NC1(C(=O)NCC(O)COc2cccc(Cl)c2Cl)CC1. The van der Waals surface area contributed by atoms with Crippen LogP contribution in [0, 0.1) is 0 Å². The van der Waals surface area contributed by atoms with Gasteiger partial charge in [-0.3, -0.25) is 4.79 Å². The van der Waals surface area contributed by atoms with Gasteiger partial charge in [-0.1, -0.05) is 29.3 Å². The fourth-order valence-corrected chi connectivity index (χ4v) is 1.94. The third-order valence-electron chi connectivity index (χ3n) is 3.09. The molecule has 1 unspecified atom stereocenters. The van der Waals surface area contributed by atoms with Gasteiger partial charge in [-0.25, -0.2) is 0 Å². The molecule has 2 rings (SSSR count). The van der Waals surface area contributed by atoms with Gasteiger partial charge in [-0.2, -0.15) is 0 Å². The smallest absolute Gasteiger partial charge is 0.240 e. The zero-order chi connectivity index (χ0) is 14.8. The average molecular weight is 319 g/mol. The Balaban J connectivity index is 1.76. The number of carbonyl (C=O) groups excluding carboxylic acids is 1. The molecule has 1 aliphatic carbocycles. The molecule has 0 aromatic heterocycles. The summed E-state index contributed by atoms with van der Waals surface area (Å²) in [4.78, 5) is 11.6. The second kappa shape index (κ2) is 6.18. The molecule has 7 heteroatoms. The number of carbonyl (C=O) groups is 1. The van der Waals surface area contributed by atoms with Crippen LogP contribution >= 0.6 is 23.2 Å². The zero-order valence-corrected chi connectivity index (χ0v) is 12.2. The van der Waals surface area contributed by atoms with Crippen molar-refractivity contribution in [1.29, 1.82) is 0 Å². The number of ether oxygens (including phenoxy) is 1. The third-order valence-corrected chi connectivity index (χ3v) is 3.89. The molecular formula is C13H16Cl2N2O3. The minimum Gasteiger partial charge on any atom is -0.489 e. The lowest BCUT2D eigenvalue weighted by molar-refractivity contribution is -0.123. The van der Waals surface area contributed by atoms with Crippen LogP contribution in [0.2, 0.25) is 10.0 Å². The molecule has 0 spiro atoms. The third kappa shape index (κ3) is 3.76. The molecule has 5 nitrogen and oxygen atoms in total. The van der Waals surface area contributed by atoms with Crippen molar-refractivity contribution in [3.05, 3.63) is 28.2 Å². The van der Waals surface area contributed by atoms with Gasteiger partial charge in [0.05, 0.1) is 10.6 Å². The highest BCUT2D eigenvalue weighted by molar-refractivity contribution is 6.42. The van der Waals surface area contributed by atoms with Gasteiger partial charge < -0.3 is 20.9 Å². The van der Waals surface area contributed by atoms with Crippen molar-refractivity contribution in [2.45, 2.75) is 24.5 Å². The Labute approximate surface area is 127 Å². The molecule has 1 fully saturated rings. The molecule has 1 atom stereocenters. The summed E-state index contributed by atoms with van der Waals surface area (Å²) in [6.45, 7) is 0.0773. The van der Waals surface area contributed by atoms with Gasteiger partial charge in [0.25, 0.3) is 0 Å². The number of amides is 1. The highest BCUT2D eigenvalue weighted by atomic mass is 35.5. The molecular weight excluding hydrogens is 303 g/mol. The van der Waals surface area contributed by atoms with E-state index in [4.69, 9.17) is 33.7 Å². The highest BCUT2D eigenvalue weighted by Crippen LogP contribution is 2.32. The Morgan fingerprint density at radius 2 is 2.20 bits per heavy atom. The van der Waals surface area contributed by atoms with Crippen LogP contribution in [0.1, 0.15) is 12.8 Å². The molecule has 0 saturated heterocycles. The number of aliphatic hydroxyl groups excluding tert-OH is 1. The van der Waals surface area contributed by atoms with Gasteiger partial charge in [0, 0.05) is 6.54 Å². The summed E-state index contributed by atoms with van der Waals surface area (Å²) in [6.07, 6.45) is 0.518. The van der Waals surface area contributed by atoms with Crippen LogP contribution in [0.4, 0.5) is 0 Å². The van der Waals surface area contributed by atoms with Gasteiger partial charge in [-0.15, -0.1) is 0 Å². The summed E-state index contributed by atoms with van der Waals surface area (Å²) in [5.74, 6) is 0.152. The van der Waals surface area contributed by atoms with Crippen LogP contribution in [0.5, 0.6) is 5.75 Å². The molecule has 110 valence electrons. The topological polar surface area (TPSA) is 84.6 Å². The van der Waals surface area contributed by atoms with Crippen LogP contribution in [-0.4, -0.2) is 35.8 Å². The highest BCUT2D eigenvalue weighted by Gasteiger charge is 2.45. The molecule has 1 amide bonds. The van der Waals surface area contributed by atoms with Gasteiger partial charge in [0.1, 0.15) is 23.5 Å². The Morgan fingerprint density at radius 1 is 1.50 bits per heavy atom. The first-order valence-electron chi connectivity index (χ1n) is 6.24. The number of hydrogen-bond acceptors (Lipinski definition) is 4. The average Bonchev–Trinajstić information content (AvgIpc) is 3.17. The lowest BCUT2D eigenvalue weighted by Crippen LogP contribution is -2.46. The zero-order valence-electron chi connectivity index (χ0n) is 10.7. The maximum atomic E-state index is 11.6. The molecule has 0 radical (unpaired) electrons. The second-order valence-electron chi connectivity index (χ2n) is 4.88. The summed E-state index contributed by atoms with van der Waals surface area (Å²) in [7, 11) is 0. The minimum absolute atomic E-state index is 0.00207. The Bertz CT molecular complexity index is 506. The van der Waals surface area contributed by atoms with E-state index in [2.05, 4.69) is 5.32 Å². The molecule has 1 aliphatic rings. The Morgan fingerprint density at radius 3 is 2.85 bits per heavy atom. The predicted octanol–water partition coefficient (Wildman–Crippen LogP) is 1.34. The van der Waals surface area contributed by atoms with E-state index in [1.807, 2.05) is 0 Å². The number of nitrogens with two attached hydrogens (primary N) is 1. The van der Waals surface area contributed by atoms with Crippen LogP contribution in [0.25, 0.3) is 0 Å². The maximum Gasteiger partial charge on any atom is 0.240 e. The van der Waals surface area contributed by atoms with Crippen LogP contribution in [0.15, 0.2) is 18.2 Å². The molecule has 1 saturated carbocycles. The minimum atomic E-state index is -0.851. The number of nitrogens with one attached hydrogen (secondary N) is 1. The molecule has 1 aromatic carbocycles. The van der Waals surface area contributed by atoms with Gasteiger partial charge in [-0.05, 0) is 25.0 Å². The van der Waals surface area contributed by atoms with Gasteiger partial charge in [0.15, 0.2) is 0 Å². The van der Waals surface area contributed by atoms with E-state index < -0.39 is 11.6 Å². The lowest BCUT2D eigenvalue weighted by Gasteiger charge is -2.16. The van der Waals surface area contributed by atoms with Gasteiger partial charge >= 0.3 is 0 Å². The van der Waals surface area contributed by atoms with Crippen molar-refractivity contribution in [1.82, 2.24) is 5.32 Å². The van der Waals surface area contributed by atoms with E-state index in [-0.39, 0.29) is 19.1 Å². The van der Waals surface area contributed by atoms with E-state index in [1.165, 1.54) is 0 Å². The molecule has 1 aromatic rings. The first-order valence-corrected chi connectivity index (χ1v) is 7.00. The largest absolute Gasteiger partial charge is 0.489 e. The van der Waals surface area contributed by atoms with Gasteiger partial charge in [0.2, 0.25) is 5.91 Å². The lowest BCUT2D eigenvalue weighted by atomic mass is 10.2. The molecule has 0 bridgehead atoms. The molecule has 0 heterocycles. The van der Waals surface area contributed by atoms with Crippen LogP contribution in [0.3, 0.4) is 0 Å². The maximum absolute atomic E-state index is 11.6. The first kappa shape index (κ1) is 15.4. The van der Waals surface area contributed by atoms with Crippen molar-refractivity contribution < 1.29 is 14.6 Å². The standard InChI is InChI=1S/C13H16Cl2N2O3/c14-9-2-1-3-10(11(9)15)20-7-8(18)6-17-12(19)13(16)4-5-13/h1-3,8,18H,4-7,16H2,(H,17,19). The van der Waals surface area contributed by atoms with E-state index in [0.717, 1.165) is 0 Å². The molecule has 4 N–H and O–H groups in total. The molecule has 0 aliphatic heterocycles. The fraction of sp³-hybridized carbons (Fsp3) is 0.462. The van der Waals surface area contributed by atoms with Crippen molar-refractivity contribution in [3.63, 3.8) is 0 Å².